The van der Waals surface area contributed by atoms with Gasteiger partial charge >= 0.3 is 0 Å². The summed E-state index contributed by atoms with van der Waals surface area (Å²) in [5.41, 5.74) is 25.7. The lowest BCUT2D eigenvalue weighted by molar-refractivity contribution is 0.215. The van der Waals surface area contributed by atoms with E-state index in [1.165, 1.54) is 218 Å². The zero-order valence-corrected chi connectivity index (χ0v) is 41.2. The van der Waals surface area contributed by atoms with Crippen LogP contribution in [0.25, 0.3) is 0 Å². The lowest BCUT2D eigenvalue weighted by Crippen LogP contribution is -2.19. The Morgan fingerprint density at radius 1 is 0.397 bits per heavy atom. The highest BCUT2D eigenvalue weighted by atomic mass is 14.5. The topological polar surface area (TPSA) is 52.0 Å². The van der Waals surface area contributed by atoms with Gasteiger partial charge < -0.3 is 11.5 Å². The number of benzene rings is 4. The quantitative estimate of drug-likeness (QED) is 0.0406. The molecule has 2 nitrogen and oxygen atoms in total. The number of hydrogen-bond donors (Lipinski definition) is 2. The zero-order valence-electron chi connectivity index (χ0n) is 41.2. The van der Waals surface area contributed by atoms with E-state index in [0.717, 1.165) is 23.2 Å². The number of hydrogen-bond acceptors (Lipinski definition) is 2. The fourth-order valence-electron chi connectivity index (χ4n) is 11.5. The van der Waals surface area contributed by atoms with E-state index < -0.39 is 0 Å². The smallest absolute Gasteiger partial charge is 0.0316 e. The predicted molar refractivity (Wildman–Crippen MR) is 278 cm³/mol. The minimum absolute atomic E-state index is 0.394. The Bertz CT molecular complexity index is 1700. The molecule has 2 heteroatoms. The van der Waals surface area contributed by atoms with Gasteiger partial charge in [-0.15, -0.1) is 0 Å². The average Bonchev–Trinajstić information content (AvgIpc) is 3.29. The molecule has 4 aromatic rings. The molecule has 1 aliphatic rings. The molecule has 0 saturated heterocycles. The molecule has 346 valence electrons. The van der Waals surface area contributed by atoms with Gasteiger partial charge in [-0.1, -0.05) is 229 Å². The fraction of sp³-hybridized carbons (Fsp3) is 0.607. The first kappa shape index (κ1) is 50.5. The van der Waals surface area contributed by atoms with Crippen LogP contribution in [0.5, 0.6) is 0 Å². The van der Waals surface area contributed by atoms with Crippen LogP contribution in [-0.4, -0.2) is 0 Å². The molecule has 0 bridgehead atoms. The Kier molecular flexibility index (Phi) is 22.8. The van der Waals surface area contributed by atoms with Crippen molar-refractivity contribution in [2.75, 3.05) is 11.5 Å². The highest BCUT2D eigenvalue weighted by Gasteiger charge is 2.26. The van der Waals surface area contributed by atoms with Gasteiger partial charge in [-0.2, -0.15) is 0 Å². The molecule has 0 aliphatic heterocycles. The van der Waals surface area contributed by atoms with Crippen LogP contribution in [-0.2, 0) is 0 Å². The van der Waals surface area contributed by atoms with Gasteiger partial charge in [-0.3, -0.25) is 0 Å². The molecule has 0 heterocycles. The highest BCUT2D eigenvalue weighted by molar-refractivity contribution is 5.50. The third-order valence-corrected chi connectivity index (χ3v) is 15.3. The molecule has 1 saturated carbocycles. The summed E-state index contributed by atoms with van der Waals surface area (Å²) in [4.78, 5) is 0. The van der Waals surface area contributed by atoms with Crippen LogP contribution in [0.15, 0.2) is 84.9 Å². The van der Waals surface area contributed by atoms with Gasteiger partial charge in [-0.05, 0) is 120 Å². The standard InChI is InChI=1S/C61H92N2/c1-6-9-12-14-16-18-24-29-60(57-43-40-55(62)45-47(57)4)53-35-31-51(32-36-53)59(42-39-50(26-21-11-8-3)49-27-22-20-23-28-49)52-33-37-54(38-34-52)61(30-25-19-17-15-13-10-7-2)58-44-41-56(63)46-48(58)5/h31-38,40-41,43-46,49-50,59-61H,6-30,39,42,62-63H2,1-5H3. The average molecular weight is 853 g/mol. The molecule has 5 rings (SSSR count). The van der Waals surface area contributed by atoms with Gasteiger partial charge in [-0.25, -0.2) is 0 Å². The lowest BCUT2D eigenvalue weighted by atomic mass is 9.73. The van der Waals surface area contributed by atoms with E-state index in [4.69, 9.17) is 11.5 Å². The Morgan fingerprint density at radius 3 is 1.17 bits per heavy atom. The molecule has 0 spiro atoms. The second-order valence-electron chi connectivity index (χ2n) is 20.3. The van der Waals surface area contributed by atoms with Crippen molar-refractivity contribution in [1.82, 2.24) is 0 Å². The summed E-state index contributed by atoms with van der Waals surface area (Å²) in [6.45, 7) is 11.5. The summed E-state index contributed by atoms with van der Waals surface area (Å²) in [5, 5.41) is 0. The Balaban J connectivity index is 1.43. The van der Waals surface area contributed by atoms with Gasteiger partial charge in [0.05, 0.1) is 0 Å². The fourth-order valence-corrected chi connectivity index (χ4v) is 11.5. The first-order valence-electron chi connectivity index (χ1n) is 26.7. The minimum atomic E-state index is 0.394. The molecule has 0 aromatic heterocycles. The third-order valence-electron chi connectivity index (χ3n) is 15.3. The van der Waals surface area contributed by atoms with Gasteiger partial charge in [0.2, 0.25) is 0 Å². The van der Waals surface area contributed by atoms with E-state index in [0.29, 0.717) is 17.8 Å². The van der Waals surface area contributed by atoms with E-state index >= 15 is 0 Å². The summed E-state index contributed by atoms with van der Waals surface area (Å²) in [6.07, 6.45) is 36.4. The summed E-state index contributed by atoms with van der Waals surface area (Å²) in [6, 6.07) is 33.3. The van der Waals surface area contributed by atoms with E-state index in [2.05, 4.69) is 120 Å². The van der Waals surface area contributed by atoms with Crippen molar-refractivity contribution in [3.63, 3.8) is 0 Å². The number of rotatable bonds is 30. The molecule has 3 atom stereocenters. The Hall–Kier alpha value is -3.52. The number of anilines is 2. The van der Waals surface area contributed by atoms with Crippen molar-refractivity contribution < 1.29 is 0 Å². The van der Waals surface area contributed by atoms with E-state index in [1.54, 1.807) is 0 Å². The van der Waals surface area contributed by atoms with Crippen molar-refractivity contribution in [3.05, 3.63) is 129 Å². The van der Waals surface area contributed by atoms with Crippen molar-refractivity contribution in [3.8, 4) is 0 Å². The summed E-state index contributed by atoms with van der Waals surface area (Å²) < 4.78 is 0. The van der Waals surface area contributed by atoms with Crippen molar-refractivity contribution in [2.45, 2.75) is 226 Å². The molecule has 3 unspecified atom stereocenters. The molecule has 4 N–H and O–H groups in total. The highest BCUT2D eigenvalue weighted by Crippen LogP contribution is 2.41. The SMILES string of the molecule is CCCCCCCCCC(c1ccc(C(CCC(CCCCC)C2CCCCC2)c2ccc(C(CCCCCCCCC)c3ccc(N)cc3C)cc2)cc1)c1ccc(N)cc1C. The van der Waals surface area contributed by atoms with Gasteiger partial charge in [0.25, 0.3) is 0 Å². The molecule has 1 fully saturated rings. The van der Waals surface area contributed by atoms with Crippen molar-refractivity contribution in [2.24, 2.45) is 11.8 Å². The van der Waals surface area contributed by atoms with Crippen molar-refractivity contribution >= 4 is 11.4 Å². The summed E-state index contributed by atoms with van der Waals surface area (Å²) >= 11 is 0. The molecule has 1 aliphatic carbocycles. The summed E-state index contributed by atoms with van der Waals surface area (Å²) in [5.74, 6) is 2.94. The van der Waals surface area contributed by atoms with Crippen LogP contribution in [0, 0.1) is 25.7 Å². The van der Waals surface area contributed by atoms with Crippen LogP contribution in [0.3, 0.4) is 0 Å². The van der Waals surface area contributed by atoms with Gasteiger partial charge in [0.15, 0.2) is 0 Å². The third kappa shape index (κ3) is 16.5. The second-order valence-corrected chi connectivity index (χ2v) is 20.3. The van der Waals surface area contributed by atoms with E-state index in [-0.39, 0.29) is 0 Å². The molecular weight excluding hydrogens is 761 g/mol. The monoisotopic (exact) mass is 853 g/mol. The number of unbranched alkanes of at least 4 members (excludes halogenated alkanes) is 14. The lowest BCUT2D eigenvalue weighted by Gasteiger charge is -2.32. The first-order chi connectivity index (χ1) is 30.8. The molecule has 0 radical (unpaired) electrons. The second kappa shape index (κ2) is 28.4. The molecular formula is C61H92N2. The number of nitrogens with two attached hydrogens (primary N) is 2. The van der Waals surface area contributed by atoms with Gasteiger partial charge in [0, 0.05) is 29.1 Å². The van der Waals surface area contributed by atoms with Crippen LogP contribution in [0.1, 0.15) is 256 Å². The van der Waals surface area contributed by atoms with Crippen LogP contribution < -0.4 is 11.5 Å². The molecule has 63 heavy (non-hydrogen) atoms. The van der Waals surface area contributed by atoms with E-state index in [1.807, 2.05) is 0 Å². The zero-order chi connectivity index (χ0) is 44.7. The predicted octanol–water partition coefficient (Wildman–Crippen LogP) is 18.7. The largest absolute Gasteiger partial charge is 0.399 e. The maximum atomic E-state index is 6.29. The molecule has 4 aromatic carbocycles. The number of nitrogen functional groups attached to an aromatic ring is 2. The van der Waals surface area contributed by atoms with Crippen LogP contribution >= 0.6 is 0 Å². The van der Waals surface area contributed by atoms with Gasteiger partial charge in [0.1, 0.15) is 0 Å². The molecule has 0 amide bonds. The normalized spacial score (nSPS) is 15.3. The van der Waals surface area contributed by atoms with Crippen LogP contribution in [0.2, 0.25) is 0 Å². The van der Waals surface area contributed by atoms with Crippen LogP contribution in [0.4, 0.5) is 11.4 Å². The Labute approximate surface area is 388 Å². The maximum absolute atomic E-state index is 6.29. The maximum Gasteiger partial charge on any atom is 0.0316 e. The first-order valence-corrected chi connectivity index (χ1v) is 26.7. The van der Waals surface area contributed by atoms with Crippen molar-refractivity contribution in [1.29, 1.82) is 0 Å². The summed E-state index contributed by atoms with van der Waals surface area (Å²) in [7, 11) is 0. The van der Waals surface area contributed by atoms with E-state index in [9.17, 15) is 0 Å². The minimum Gasteiger partial charge on any atom is -0.399 e. The Morgan fingerprint density at radius 2 is 0.762 bits per heavy atom. The number of aryl methyl sites for hydroxylation is 2.